The van der Waals surface area contributed by atoms with Crippen LogP contribution in [0, 0.1) is 0 Å². The third-order valence-corrected chi connectivity index (χ3v) is 9.62. The van der Waals surface area contributed by atoms with Gasteiger partial charge in [-0.15, -0.1) is 0 Å². The Morgan fingerprint density at radius 2 is 0.552 bits per heavy atom. The first-order valence-corrected chi connectivity index (χ1v) is 19.4. The summed E-state index contributed by atoms with van der Waals surface area (Å²) in [6.45, 7) is 0. The largest absolute Gasteiger partial charge is 0.311 e. The molecule has 0 atom stereocenters. The van der Waals surface area contributed by atoms with Crippen LogP contribution in [-0.4, -0.2) is 12.4 Å². The molecule has 4 heteroatoms. The van der Waals surface area contributed by atoms with Gasteiger partial charge in [0.05, 0.1) is 11.4 Å². The lowest BCUT2D eigenvalue weighted by Gasteiger charge is -2.25. The number of nitrogens with zero attached hydrogens (tertiary/aromatic N) is 4. The number of hydrogen-bond donors (Lipinski definition) is 0. The second kappa shape index (κ2) is 18.7. The minimum Gasteiger partial charge on any atom is -0.311 e. The minimum atomic E-state index is 0.900. The Bertz CT molecular complexity index is 2330. The standard InChI is InChI=1S/C54H42N4/c1-5-17-49(18-6-1)57(50-19-7-2-8-20-50)53-37-25-43(26-38-53)15-13-41-55-47-33-29-45(30-34-47)46-31-35-48(36-32-46)56-42-14-16-44-27-39-54(40-28-44)58(51-21-9-3-10-22-51)52-23-11-4-12-24-52/h1-42H/b15-13+,16-14+,55-41?,56-42?. The molecule has 0 saturated carbocycles. The van der Waals surface area contributed by atoms with Crippen LogP contribution in [0.2, 0.25) is 0 Å². The highest BCUT2D eigenvalue weighted by Gasteiger charge is 2.12. The zero-order valence-electron chi connectivity index (χ0n) is 32.0. The SMILES string of the molecule is C(/C=C/c1ccc(N(c2ccccc2)c2ccccc2)cc1)=Nc1ccc(-c2ccc(N=C/C=C/c3ccc(N(c4ccccc4)c4ccccc4)cc3)cc2)cc1. The summed E-state index contributed by atoms with van der Waals surface area (Å²) >= 11 is 0. The van der Waals surface area contributed by atoms with Gasteiger partial charge in [-0.3, -0.25) is 9.98 Å². The monoisotopic (exact) mass is 746 g/mol. The van der Waals surface area contributed by atoms with E-state index in [1.54, 1.807) is 0 Å². The number of anilines is 6. The molecule has 0 radical (unpaired) electrons. The molecule has 58 heavy (non-hydrogen) atoms. The van der Waals surface area contributed by atoms with Crippen molar-refractivity contribution in [1.82, 2.24) is 0 Å². The maximum atomic E-state index is 4.65. The molecule has 0 aliphatic carbocycles. The molecule has 8 aromatic rings. The summed E-state index contributed by atoms with van der Waals surface area (Å²) in [4.78, 5) is 13.8. The highest BCUT2D eigenvalue weighted by molar-refractivity contribution is 5.83. The first-order valence-electron chi connectivity index (χ1n) is 19.4. The molecule has 0 unspecified atom stereocenters. The molecule has 0 heterocycles. The van der Waals surface area contributed by atoms with Gasteiger partial charge in [0.25, 0.3) is 0 Å². The Hall–Kier alpha value is -7.82. The molecule has 0 aliphatic heterocycles. The number of hydrogen-bond acceptors (Lipinski definition) is 4. The van der Waals surface area contributed by atoms with Gasteiger partial charge >= 0.3 is 0 Å². The molecule has 0 aliphatic rings. The highest BCUT2D eigenvalue weighted by atomic mass is 15.1. The van der Waals surface area contributed by atoms with Crippen molar-refractivity contribution in [1.29, 1.82) is 0 Å². The van der Waals surface area contributed by atoms with Gasteiger partial charge in [0.1, 0.15) is 0 Å². The Labute approximate surface area is 341 Å². The summed E-state index contributed by atoms with van der Waals surface area (Å²) < 4.78 is 0. The summed E-state index contributed by atoms with van der Waals surface area (Å²) in [5, 5.41) is 0. The average molecular weight is 747 g/mol. The number of allylic oxidation sites excluding steroid dienone is 2. The van der Waals surface area contributed by atoms with E-state index in [1.165, 1.54) is 0 Å². The zero-order valence-corrected chi connectivity index (χ0v) is 32.0. The van der Waals surface area contributed by atoms with Crippen LogP contribution in [0.3, 0.4) is 0 Å². The van der Waals surface area contributed by atoms with Gasteiger partial charge in [0, 0.05) is 46.6 Å². The second-order valence-corrected chi connectivity index (χ2v) is 13.6. The zero-order chi connectivity index (χ0) is 39.2. The maximum Gasteiger partial charge on any atom is 0.0630 e. The van der Waals surface area contributed by atoms with E-state index in [-0.39, 0.29) is 0 Å². The van der Waals surface area contributed by atoms with Crippen molar-refractivity contribution in [2.45, 2.75) is 0 Å². The van der Waals surface area contributed by atoms with E-state index in [4.69, 9.17) is 0 Å². The van der Waals surface area contributed by atoms with Crippen molar-refractivity contribution in [3.05, 3.63) is 242 Å². The van der Waals surface area contributed by atoms with Crippen molar-refractivity contribution in [3.8, 4) is 11.1 Å². The molecule has 0 saturated heterocycles. The normalized spacial score (nSPS) is 11.5. The lowest BCUT2D eigenvalue weighted by molar-refractivity contribution is 1.28. The summed E-state index contributed by atoms with van der Waals surface area (Å²) in [7, 11) is 0. The molecule has 0 N–H and O–H groups in total. The van der Waals surface area contributed by atoms with E-state index in [9.17, 15) is 0 Å². The van der Waals surface area contributed by atoms with E-state index in [0.29, 0.717) is 0 Å². The Morgan fingerprint density at radius 3 is 0.845 bits per heavy atom. The molecule has 278 valence electrons. The predicted octanol–water partition coefficient (Wildman–Crippen LogP) is 15.1. The smallest absolute Gasteiger partial charge is 0.0630 e. The second-order valence-electron chi connectivity index (χ2n) is 13.6. The van der Waals surface area contributed by atoms with Crippen LogP contribution < -0.4 is 9.80 Å². The van der Waals surface area contributed by atoms with E-state index in [1.807, 2.05) is 73.1 Å². The molecule has 8 rings (SSSR count). The van der Waals surface area contributed by atoms with Crippen molar-refractivity contribution in [2.75, 3.05) is 9.80 Å². The van der Waals surface area contributed by atoms with E-state index in [2.05, 4.69) is 202 Å². The first-order chi connectivity index (χ1) is 28.8. The fourth-order valence-corrected chi connectivity index (χ4v) is 6.72. The Morgan fingerprint density at radius 1 is 0.276 bits per heavy atom. The third-order valence-electron chi connectivity index (χ3n) is 9.62. The van der Waals surface area contributed by atoms with Gasteiger partial charge < -0.3 is 9.80 Å². The molecule has 8 aromatic carbocycles. The van der Waals surface area contributed by atoms with Crippen molar-refractivity contribution < 1.29 is 0 Å². The summed E-state index contributed by atoms with van der Waals surface area (Å²) in [6, 6.07) is 75.4. The van der Waals surface area contributed by atoms with Gasteiger partial charge in [0.15, 0.2) is 0 Å². The summed E-state index contributed by atoms with van der Waals surface area (Å²) in [6.07, 6.45) is 11.8. The van der Waals surface area contributed by atoms with Gasteiger partial charge in [-0.1, -0.05) is 133 Å². The van der Waals surface area contributed by atoms with Crippen LogP contribution >= 0.6 is 0 Å². The predicted molar refractivity (Wildman–Crippen MR) is 248 cm³/mol. The van der Waals surface area contributed by atoms with Gasteiger partial charge in [-0.05, 0) is 131 Å². The lowest BCUT2D eigenvalue weighted by atomic mass is 10.1. The minimum absolute atomic E-state index is 0.900. The first kappa shape index (κ1) is 37.1. The van der Waals surface area contributed by atoms with E-state index >= 15 is 0 Å². The van der Waals surface area contributed by atoms with Crippen LogP contribution in [0.1, 0.15) is 11.1 Å². The average Bonchev–Trinajstić information content (AvgIpc) is 3.30. The maximum absolute atomic E-state index is 4.65. The Balaban J connectivity index is 0.843. The molecular weight excluding hydrogens is 705 g/mol. The van der Waals surface area contributed by atoms with Gasteiger partial charge in [0.2, 0.25) is 0 Å². The third kappa shape index (κ3) is 9.51. The molecule has 0 amide bonds. The lowest BCUT2D eigenvalue weighted by Crippen LogP contribution is -2.09. The summed E-state index contributed by atoms with van der Waals surface area (Å²) in [5.41, 5.74) is 13.0. The summed E-state index contributed by atoms with van der Waals surface area (Å²) in [5.74, 6) is 0. The number of benzene rings is 8. The van der Waals surface area contributed by atoms with Crippen LogP contribution in [0.5, 0.6) is 0 Å². The fourth-order valence-electron chi connectivity index (χ4n) is 6.72. The van der Waals surface area contributed by atoms with E-state index in [0.717, 1.165) is 67.8 Å². The molecular formula is C54H42N4. The van der Waals surface area contributed by atoms with Crippen molar-refractivity contribution >= 4 is 70.1 Å². The van der Waals surface area contributed by atoms with Crippen molar-refractivity contribution in [2.24, 2.45) is 9.98 Å². The van der Waals surface area contributed by atoms with E-state index < -0.39 is 0 Å². The van der Waals surface area contributed by atoms with Crippen LogP contribution in [0.15, 0.2) is 241 Å². The number of aliphatic imine (C=N–C) groups is 2. The molecule has 0 aromatic heterocycles. The number of rotatable bonds is 13. The van der Waals surface area contributed by atoms with Gasteiger partial charge in [-0.25, -0.2) is 0 Å². The Kier molecular flexibility index (Phi) is 12.0. The quantitative estimate of drug-likeness (QED) is 0.110. The topological polar surface area (TPSA) is 31.2 Å². The molecule has 4 nitrogen and oxygen atoms in total. The highest BCUT2D eigenvalue weighted by Crippen LogP contribution is 2.35. The van der Waals surface area contributed by atoms with Crippen LogP contribution in [0.4, 0.5) is 45.5 Å². The number of para-hydroxylation sites is 4. The van der Waals surface area contributed by atoms with Crippen LogP contribution in [-0.2, 0) is 0 Å². The fraction of sp³-hybridized carbons (Fsp3) is 0. The molecule has 0 fully saturated rings. The molecule has 0 spiro atoms. The van der Waals surface area contributed by atoms with Crippen molar-refractivity contribution in [3.63, 3.8) is 0 Å². The van der Waals surface area contributed by atoms with Crippen LogP contribution in [0.25, 0.3) is 23.3 Å². The molecule has 0 bridgehead atoms. The van der Waals surface area contributed by atoms with Gasteiger partial charge in [-0.2, -0.15) is 0 Å².